The summed E-state index contributed by atoms with van der Waals surface area (Å²) in [6.45, 7) is 1.11. The van der Waals surface area contributed by atoms with E-state index in [0.29, 0.717) is 12.5 Å². The molecule has 0 bridgehead atoms. The van der Waals surface area contributed by atoms with E-state index in [-0.39, 0.29) is 17.4 Å². The zero-order valence-electron chi connectivity index (χ0n) is 22.5. The maximum absolute atomic E-state index is 13.3. The molecule has 13 heteroatoms. The average molecular weight is 566 g/mol. The third-order valence-electron chi connectivity index (χ3n) is 8.60. The molecule has 0 radical (unpaired) electrons. The summed E-state index contributed by atoms with van der Waals surface area (Å²) < 4.78 is 42.0. The summed E-state index contributed by atoms with van der Waals surface area (Å²) in [5, 5.41) is 24.7. The third-order valence-corrected chi connectivity index (χ3v) is 8.60. The van der Waals surface area contributed by atoms with Crippen molar-refractivity contribution in [2.24, 2.45) is 0 Å². The number of rotatable bonds is 7. The van der Waals surface area contributed by atoms with Gasteiger partial charge in [0.05, 0.1) is 36.5 Å². The molecule has 2 fully saturated rings. The molecule has 4 aromatic heterocycles. The Kier molecular flexibility index (Phi) is 6.91. The van der Waals surface area contributed by atoms with Crippen LogP contribution in [0.3, 0.4) is 0 Å². The van der Waals surface area contributed by atoms with Crippen LogP contribution in [0.15, 0.2) is 43.1 Å². The molecular formula is C28H30F3N9O. The number of aromatic nitrogens is 6. The molecule has 0 spiro atoms. The summed E-state index contributed by atoms with van der Waals surface area (Å²) >= 11 is 0. The number of aliphatic hydroxyl groups excluding tert-OH is 1. The number of anilines is 1. The Labute approximate surface area is 234 Å². The van der Waals surface area contributed by atoms with Crippen molar-refractivity contribution in [3.63, 3.8) is 0 Å². The van der Waals surface area contributed by atoms with Crippen molar-refractivity contribution in [1.82, 2.24) is 34.6 Å². The van der Waals surface area contributed by atoms with Crippen LogP contribution in [0, 0.1) is 11.3 Å². The van der Waals surface area contributed by atoms with Crippen LogP contribution in [-0.4, -0.2) is 71.9 Å². The van der Waals surface area contributed by atoms with E-state index >= 15 is 0 Å². The number of likely N-dealkylation sites (tertiary alicyclic amines) is 1. The maximum atomic E-state index is 13.3. The van der Waals surface area contributed by atoms with Gasteiger partial charge in [0.2, 0.25) is 0 Å². The lowest BCUT2D eigenvalue weighted by Gasteiger charge is -2.52. The van der Waals surface area contributed by atoms with Gasteiger partial charge in [-0.2, -0.15) is 23.5 Å². The number of hydrogen-bond donors (Lipinski definition) is 2. The predicted octanol–water partition coefficient (Wildman–Crippen LogP) is 4.10. The van der Waals surface area contributed by atoms with Crippen LogP contribution in [0.5, 0.6) is 0 Å². The second kappa shape index (κ2) is 10.4. The summed E-state index contributed by atoms with van der Waals surface area (Å²) in [7, 11) is 1.76. The number of alkyl halides is 3. The fourth-order valence-electron chi connectivity index (χ4n) is 6.26. The van der Waals surface area contributed by atoms with Gasteiger partial charge in [0, 0.05) is 55.6 Å². The molecule has 1 saturated carbocycles. The third kappa shape index (κ3) is 5.02. The molecule has 2 N–H and O–H groups in total. The number of H-pyrrole nitrogens is 1. The fourth-order valence-corrected chi connectivity index (χ4v) is 6.26. The first-order chi connectivity index (χ1) is 19.7. The van der Waals surface area contributed by atoms with E-state index in [4.69, 9.17) is 0 Å². The number of nitriles is 1. The number of nitrogens with one attached hydrogen (secondary N) is 1. The number of aromatic amines is 1. The number of fused-ring (bicyclic) bond motifs is 1. The molecular weight excluding hydrogens is 535 g/mol. The van der Waals surface area contributed by atoms with E-state index in [1.54, 1.807) is 18.1 Å². The Balaban J connectivity index is 1.11. The number of piperidine rings is 1. The van der Waals surface area contributed by atoms with E-state index < -0.39 is 24.0 Å². The first-order valence-corrected chi connectivity index (χ1v) is 13.6. The summed E-state index contributed by atoms with van der Waals surface area (Å²) in [6.07, 6.45) is 5.99. The molecule has 0 atom stereocenters. The number of hydrogen-bond acceptors (Lipinski definition) is 8. The van der Waals surface area contributed by atoms with Gasteiger partial charge in [-0.1, -0.05) is 0 Å². The van der Waals surface area contributed by atoms with Gasteiger partial charge in [-0.15, -0.1) is 0 Å². The van der Waals surface area contributed by atoms with Crippen molar-refractivity contribution >= 4 is 16.9 Å². The lowest BCUT2D eigenvalue weighted by molar-refractivity contribution is -0.141. The van der Waals surface area contributed by atoms with E-state index in [1.807, 2.05) is 23.1 Å². The van der Waals surface area contributed by atoms with Crippen LogP contribution >= 0.6 is 0 Å². The van der Waals surface area contributed by atoms with E-state index in [2.05, 4.69) is 36.0 Å². The Morgan fingerprint density at radius 1 is 1.22 bits per heavy atom. The van der Waals surface area contributed by atoms with Crippen LogP contribution in [-0.2, 0) is 18.3 Å². The first-order valence-electron chi connectivity index (χ1n) is 13.6. The standard InChI is InChI=1S/C28H30F3N9O/c1-38(24-11-18(16-41)10-23(37-24)28(29,30)31)20-3-8-39(9-4-20)21-12-27(13-21,5-6-32)40-15-19(14-36-40)25-22-2-7-33-26(22)35-17-34-25/h2,7,10-11,14-15,17,20-21,41H,3-5,8-9,12-13,16H2,1H3,(H,33,34,35)/t21-,27+. The SMILES string of the molecule is CN(c1cc(CO)cc(C(F)(F)F)n1)C1CCN([C@H]2C[C@@](CC#N)(n3cc(-c4ncnc5[nH]ccc45)cn3)C2)CC1. The normalized spacial score (nSPS) is 22.0. The summed E-state index contributed by atoms with van der Waals surface area (Å²) in [5.41, 5.74) is 1.22. The highest BCUT2D eigenvalue weighted by atomic mass is 19.4. The number of aliphatic hydroxyl groups is 1. The van der Waals surface area contributed by atoms with Gasteiger partial charge < -0.3 is 19.9 Å². The van der Waals surface area contributed by atoms with Crippen molar-refractivity contribution < 1.29 is 18.3 Å². The monoisotopic (exact) mass is 565 g/mol. The summed E-state index contributed by atoms with van der Waals surface area (Å²) in [6, 6.07) is 7.02. The van der Waals surface area contributed by atoms with Crippen LogP contribution < -0.4 is 4.90 Å². The van der Waals surface area contributed by atoms with Gasteiger partial charge in [0.15, 0.2) is 0 Å². The fraction of sp³-hybridized carbons (Fsp3) is 0.464. The highest BCUT2D eigenvalue weighted by molar-refractivity contribution is 5.90. The van der Waals surface area contributed by atoms with E-state index in [0.717, 1.165) is 67.1 Å². The Morgan fingerprint density at radius 3 is 2.71 bits per heavy atom. The largest absolute Gasteiger partial charge is 0.433 e. The van der Waals surface area contributed by atoms with Gasteiger partial charge in [0.1, 0.15) is 23.5 Å². The molecule has 0 amide bonds. The molecule has 5 heterocycles. The molecule has 1 aliphatic carbocycles. The second-order valence-corrected chi connectivity index (χ2v) is 11.0. The van der Waals surface area contributed by atoms with Crippen LogP contribution in [0.25, 0.3) is 22.3 Å². The molecule has 0 aromatic carbocycles. The molecule has 1 aliphatic heterocycles. The van der Waals surface area contributed by atoms with Crippen molar-refractivity contribution in [3.8, 4) is 17.3 Å². The average Bonchev–Trinajstić information content (AvgIpc) is 3.64. The first kappa shape index (κ1) is 27.2. The molecule has 6 rings (SSSR count). The van der Waals surface area contributed by atoms with Crippen molar-refractivity contribution in [2.75, 3.05) is 25.0 Å². The van der Waals surface area contributed by atoms with Crippen LogP contribution in [0.2, 0.25) is 0 Å². The molecule has 10 nitrogen and oxygen atoms in total. The van der Waals surface area contributed by atoms with E-state index in [1.165, 1.54) is 12.4 Å². The highest BCUT2D eigenvalue weighted by Gasteiger charge is 2.49. The minimum atomic E-state index is -4.58. The second-order valence-electron chi connectivity index (χ2n) is 11.0. The zero-order chi connectivity index (χ0) is 28.8. The predicted molar refractivity (Wildman–Crippen MR) is 144 cm³/mol. The quantitative estimate of drug-likeness (QED) is 0.344. The van der Waals surface area contributed by atoms with Crippen LogP contribution in [0.4, 0.5) is 19.0 Å². The van der Waals surface area contributed by atoms with Gasteiger partial charge >= 0.3 is 6.18 Å². The number of nitrogens with zero attached hydrogens (tertiary/aromatic N) is 8. The smallest absolute Gasteiger partial charge is 0.392 e. The number of halogens is 3. The Hall–Kier alpha value is -4.02. The minimum absolute atomic E-state index is 0.0320. The lowest BCUT2D eigenvalue weighted by Crippen LogP contribution is -2.58. The van der Waals surface area contributed by atoms with Crippen molar-refractivity contribution in [3.05, 3.63) is 54.4 Å². The molecule has 1 saturated heterocycles. The van der Waals surface area contributed by atoms with Crippen LogP contribution in [0.1, 0.15) is 43.4 Å². The lowest BCUT2D eigenvalue weighted by atomic mass is 9.69. The van der Waals surface area contributed by atoms with Gasteiger partial charge in [-0.25, -0.2) is 15.0 Å². The molecule has 214 valence electrons. The minimum Gasteiger partial charge on any atom is -0.392 e. The van der Waals surface area contributed by atoms with Gasteiger partial charge in [-0.3, -0.25) is 4.68 Å². The maximum Gasteiger partial charge on any atom is 0.433 e. The highest BCUT2D eigenvalue weighted by Crippen LogP contribution is 2.46. The molecule has 4 aromatic rings. The molecule has 41 heavy (non-hydrogen) atoms. The van der Waals surface area contributed by atoms with Crippen molar-refractivity contribution in [1.29, 1.82) is 5.26 Å². The summed E-state index contributed by atoms with van der Waals surface area (Å²) in [5.74, 6) is 0.217. The van der Waals surface area contributed by atoms with Gasteiger partial charge in [-0.05, 0) is 49.4 Å². The topological polar surface area (TPSA) is 123 Å². The Bertz CT molecular complexity index is 1580. The molecule has 2 aliphatic rings. The Morgan fingerprint density at radius 2 is 2.00 bits per heavy atom. The van der Waals surface area contributed by atoms with Gasteiger partial charge in [0.25, 0.3) is 0 Å². The number of pyridine rings is 1. The van der Waals surface area contributed by atoms with Crippen molar-refractivity contribution in [2.45, 2.75) is 62.5 Å². The molecule has 0 unspecified atom stereocenters. The van der Waals surface area contributed by atoms with E-state index in [9.17, 15) is 23.5 Å². The zero-order valence-corrected chi connectivity index (χ0v) is 22.5. The summed E-state index contributed by atoms with van der Waals surface area (Å²) in [4.78, 5) is 19.9.